The number of pyridine rings is 1. The highest BCUT2D eigenvalue weighted by Gasteiger charge is 2.08. The summed E-state index contributed by atoms with van der Waals surface area (Å²) in [5.41, 5.74) is 2.40. The predicted molar refractivity (Wildman–Crippen MR) is 69.1 cm³/mol. The summed E-state index contributed by atoms with van der Waals surface area (Å²) in [5, 5.41) is 3.87. The van der Waals surface area contributed by atoms with E-state index in [9.17, 15) is 4.79 Å². The fraction of sp³-hybridized carbons (Fsp3) is 0.500. The smallest absolute Gasteiger partial charge is 0.253 e. The first-order valence-electron chi connectivity index (χ1n) is 5.43. The second kappa shape index (κ2) is 6.63. The summed E-state index contributed by atoms with van der Waals surface area (Å²) in [6.07, 6.45) is 2.07. The maximum Gasteiger partial charge on any atom is 0.253 e. The molecule has 0 radical (unpaired) electrons. The molecule has 0 aliphatic rings. The van der Waals surface area contributed by atoms with Gasteiger partial charge in [-0.25, -0.2) is 0 Å². The van der Waals surface area contributed by atoms with Crippen LogP contribution in [0.15, 0.2) is 12.1 Å². The van der Waals surface area contributed by atoms with E-state index in [0.717, 1.165) is 36.1 Å². The fourth-order valence-electron chi connectivity index (χ4n) is 1.44. The van der Waals surface area contributed by atoms with Crippen molar-refractivity contribution in [2.75, 3.05) is 11.9 Å². The van der Waals surface area contributed by atoms with E-state index in [1.54, 1.807) is 0 Å². The molecule has 1 rings (SSSR count). The minimum Gasteiger partial charge on any atom is -0.352 e. The number of carbonyl (C=O) groups excluding carboxylic acids is 1. The largest absolute Gasteiger partial charge is 0.352 e. The van der Waals surface area contributed by atoms with Crippen molar-refractivity contribution in [2.24, 2.45) is 0 Å². The number of nitrogens with zero attached hydrogens (tertiary/aromatic N) is 1. The van der Waals surface area contributed by atoms with Crippen molar-refractivity contribution >= 4 is 21.8 Å². The van der Waals surface area contributed by atoms with Gasteiger partial charge >= 0.3 is 0 Å². The number of halogens is 1. The molecule has 0 saturated carbocycles. The maximum absolute atomic E-state index is 11.8. The SMILES string of the molecule is Cc1ccc(C(=O)NCCCCBr)c(C)n1. The zero-order valence-electron chi connectivity index (χ0n) is 9.72. The first-order chi connectivity index (χ1) is 7.65. The standard InChI is InChI=1S/C12H17BrN2O/c1-9-5-6-11(10(2)15-9)12(16)14-8-4-3-7-13/h5-6H,3-4,7-8H2,1-2H3,(H,14,16). The number of amides is 1. The summed E-state index contributed by atoms with van der Waals surface area (Å²) in [6.45, 7) is 4.50. The number of rotatable bonds is 5. The molecule has 0 spiro atoms. The van der Waals surface area contributed by atoms with Crippen molar-refractivity contribution < 1.29 is 4.79 Å². The highest BCUT2D eigenvalue weighted by molar-refractivity contribution is 9.09. The number of aromatic nitrogens is 1. The number of alkyl halides is 1. The second-order valence-electron chi connectivity index (χ2n) is 3.74. The lowest BCUT2D eigenvalue weighted by Gasteiger charge is -2.07. The zero-order valence-corrected chi connectivity index (χ0v) is 11.3. The van der Waals surface area contributed by atoms with Crippen molar-refractivity contribution in [2.45, 2.75) is 26.7 Å². The van der Waals surface area contributed by atoms with E-state index in [0.29, 0.717) is 5.56 Å². The van der Waals surface area contributed by atoms with E-state index in [2.05, 4.69) is 26.2 Å². The Hall–Kier alpha value is -0.900. The minimum absolute atomic E-state index is 0.0282. The van der Waals surface area contributed by atoms with Gasteiger partial charge in [0.1, 0.15) is 0 Å². The molecule has 0 aliphatic heterocycles. The topological polar surface area (TPSA) is 42.0 Å². The Labute approximate surface area is 105 Å². The Morgan fingerprint density at radius 1 is 1.38 bits per heavy atom. The van der Waals surface area contributed by atoms with Gasteiger partial charge in [0, 0.05) is 17.6 Å². The van der Waals surface area contributed by atoms with Gasteiger partial charge < -0.3 is 5.32 Å². The number of nitrogens with one attached hydrogen (secondary N) is 1. The number of aryl methyl sites for hydroxylation is 2. The molecule has 1 aromatic rings. The first-order valence-corrected chi connectivity index (χ1v) is 6.55. The van der Waals surface area contributed by atoms with E-state index in [1.807, 2.05) is 26.0 Å². The van der Waals surface area contributed by atoms with Crippen LogP contribution in [-0.4, -0.2) is 22.8 Å². The minimum atomic E-state index is -0.0282. The van der Waals surface area contributed by atoms with Crippen molar-refractivity contribution in [1.29, 1.82) is 0 Å². The number of hydrogen-bond acceptors (Lipinski definition) is 2. The molecule has 0 unspecified atom stereocenters. The Morgan fingerprint density at radius 2 is 2.12 bits per heavy atom. The number of unbranched alkanes of at least 4 members (excludes halogenated alkanes) is 1. The first kappa shape index (κ1) is 13.2. The van der Waals surface area contributed by atoms with Crippen molar-refractivity contribution in [3.05, 3.63) is 29.1 Å². The van der Waals surface area contributed by atoms with Gasteiger partial charge in [0.15, 0.2) is 0 Å². The van der Waals surface area contributed by atoms with Gasteiger partial charge in [0.25, 0.3) is 5.91 Å². The highest BCUT2D eigenvalue weighted by Crippen LogP contribution is 2.06. The molecule has 3 nitrogen and oxygen atoms in total. The fourth-order valence-corrected chi connectivity index (χ4v) is 1.84. The third kappa shape index (κ3) is 3.93. The molecule has 0 saturated heterocycles. The van der Waals surface area contributed by atoms with Crippen molar-refractivity contribution in [3.8, 4) is 0 Å². The Bertz CT molecular complexity index is 366. The molecular formula is C12H17BrN2O. The van der Waals surface area contributed by atoms with E-state index in [1.165, 1.54) is 0 Å². The summed E-state index contributed by atoms with van der Waals surface area (Å²) in [7, 11) is 0. The molecule has 16 heavy (non-hydrogen) atoms. The third-order valence-electron chi connectivity index (χ3n) is 2.32. The molecular weight excluding hydrogens is 268 g/mol. The molecule has 1 amide bonds. The van der Waals surface area contributed by atoms with Gasteiger partial charge in [-0.05, 0) is 38.8 Å². The van der Waals surface area contributed by atoms with E-state index in [4.69, 9.17) is 0 Å². The zero-order chi connectivity index (χ0) is 12.0. The van der Waals surface area contributed by atoms with Crippen LogP contribution in [0, 0.1) is 13.8 Å². The maximum atomic E-state index is 11.8. The summed E-state index contributed by atoms with van der Waals surface area (Å²) >= 11 is 3.36. The molecule has 0 fully saturated rings. The van der Waals surface area contributed by atoms with Gasteiger partial charge in [0.05, 0.1) is 11.3 Å². The van der Waals surface area contributed by atoms with Crippen LogP contribution in [0.5, 0.6) is 0 Å². The van der Waals surface area contributed by atoms with Crippen LogP contribution >= 0.6 is 15.9 Å². The number of carbonyl (C=O) groups is 1. The van der Waals surface area contributed by atoms with Gasteiger partial charge in [-0.1, -0.05) is 15.9 Å². The van der Waals surface area contributed by atoms with Gasteiger partial charge in [-0.15, -0.1) is 0 Å². The molecule has 1 N–H and O–H groups in total. The van der Waals surface area contributed by atoms with Crippen LogP contribution in [0.25, 0.3) is 0 Å². The quantitative estimate of drug-likeness (QED) is 0.667. The average molecular weight is 285 g/mol. The normalized spacial score (nSPS) is 10.2. The van der Waals surface area contributed by atoms with Crippen molar-refractivity contribution in [1.82, 2.24) is 10.3 Å². The van der Waals surface area contributed by atoms with E-state index >= 15 is 0 Å². The lowest BCUT2D eigenvalue weighted by Crippen LogP contribution is -2.25. The molecule has 0 aromatic carbocycles. The lowest BCUT2D eigenvalue weighted by molar-refractivity contribution is 0.0952. The van der Waals surface area contributed by atoms with Crippen LogP contribution in [-0.2, 0) is 0 Å². The van der Waals surface area contributed by atoms with Gasteiger partial charge in [-0.3, -0.25) is 9.78 Å². The van der Waals surface area contributed by atoms with Crippen LogP contribution < -0.4 is 5.32 Å². The summed E-state index contributed by atoms with van der Waals surface area (Å²) < 4.78 is 0. The Kier molecular flexibility index (Phi) is 5.46. The summed E-state index contributed by atoms with van der Waals surface area (Å²) in [5.74, 6) is -0.0282. The number of hydrogen-bond donors (Lipinski definition) is 1. The van der Waals surface area contributed by atoms with Crippen molar-refractivity contribution in [3.63, 3.8) is 0 Å². The van der Waals surface area contributed by atoms with Gasteiger partial charge in [-0.2, -0.15) is 0 Å². The average Bonchev–Trinajstić information content (AvgIpc) is 2.24. The summed E-state index contributed by atoms with van der Waals surface area (Å²) in [6, 6.07) is 3.69. The van der Waals surface area contributed by atoms with Crippen LogP contribution in [0.3, 0.4) is 0 Å². The van der Waals surface area contributed by atoms with Crippen LogP contribution in [0.2, 0.25) is 0 Å². The van der Waals surface area contributed by atoms with Crippen LogP contribution in [0.1, 0.15) is 34.6 Å². The lowest BCUT2D eigenvalue weighted by atomic mass is 10.1. The molecule has 4 heteroatoms. The molecule has 0 aliphatic carbocycles. The van der Waals surface area contributed by atoms with E-state index in [-0.39, 0.29) is 5.91 Å². The van der Waals surface area contributed by atoms with E-state index < -0.39 is 0 Å². The molecule has 1 heterocycles. The molecule has 0 bridgehead atoms. The second-order valence-corrected chi connectivity index (χ2v) is 4.53. The monoisotopic (exact) mass is 284 g/mol. The van der Waals surface area contributed by atoms with Crippen LogP contribution in [0.4, 0.5) is 0 Å². The molecule has 0 atom stereocenters. The third-order valence-corrected chi connectivity index (χ3v) is 2.88. The van der Waals surface area contributed by atoms with Gasteiger partial charge in [0.2, 0.25) is 0 Å². The highest BCUT2D eigenvalue weighted by atomic mass is 79.9. The summed E-state index contributed by atoms with van der Waals surface area (Å²) in [4.78, 5) is 16.0. The Balaban J connectivity index is 2.53. The molecule has 88 valence electrons. The predicted octanol–water partition coefficient (Wildman–Crippen LogP) is 2.60. The Morgan fingerprint density at radius 3 is 2.75 bits per heavy atom. The molecule has 1 aromatic heterocycles.